The van der Waals surface area contributed by atoms with Crippen LogP contribution >= 0.6 is 0 Å². The summed E-state index contributed by atoms with van der Waals surface area (Å²) in [6, 6.07) is 60.3. The topological polar surface area (TPSA) is 48.5 Å². The van der Waals surface area contributed by atoms with Gasteiger partial charge in [0, 0.05) is 38.4 Å². The molecule has 3 aromatic heterocycles. The zero-order chi connectivity index (χ0) is 36.3. The maximum absolute atomic E-state index is 5.30. The predicted octanol–water partition coefficient (Wildman–Crippen LogP) is 12.4. The molecule has 11 rings (SSSR count). The van der Waals surface area contributed by atoms with E-state index in [9.17, 15) is 0 Å². The van der Waals surface area contributed by atoms with Crippen LogP contribution in [0.5, 0.6) is 0 Å². The van der Waals surface area contributed by atoms with E-state index in [1.807, 2.05) is 18.2 Å². The Morgan fingerprint density at radius 3 is 1.47 bits per heavy atom. The summed E-state index contributed by atoms with van der Waals surface area (Å²) >= 11 is 0. The summed E-state index contributed by atoms with van der Waals surface area (Å²) in [4.78, 5) is 15.6. The van der Waals surface area contributed by atoms with Crippen molar-refractivity contribution in [3.05, 3.63) is 194 Å². The van der Waals surface area contributed by atoms with E-state index in [0.717, 1.165) is 67.0 Å². The number of rotatable bonds is 6. The molecule has 0 atom stereocenters. The van der Waals surface area contributed by atoms with Gasteiger partial charge in [0.1, 0.15) is 0 Å². The van der Waals surface area contributed by atoms with Crippen LogP contribution in [0.15, 0.2) is 188 Å². The minimum absolute atomic E-state index is 0.583. The van der Waals surface area contributed by atoms with Crippen LogP contribution in [0.2, 0.25) is 0 Å². The van der Waals surface area contributed by atoms with E-state index < -0.39 is 0 Å². The number of fused-ring (bicyclic) bond motifs is 7. The van der Waals surface area contributed by atoms with E-state index in [0.29, 0.717) is 17.6 Å². The average Bonchev–Trinajstić information content (AvgIpc) is 4.00. The quantitative estimate of drug-likeness (QED) is 0.173. The predicted molar refractivity (Wildman–Crippen MR) is 227 cm³/mol. The fourth-order valence-corrected chi connectivity index (χ4v) is 8.21. The van der Waals surface area contributed by atoms with E-state index in [1.165, 1.54) is 22.1 Å². The van der Waals surface area contributed by atoms with Gasteiger partial charge in [-0.2, -0.15) is 9.97 Å². The van der Waals surface area contributed by atoms with Gasteiger partial charge < -0.3 is 4.57 Å². The van der Waals surface area contributed by atoms with Crippen molar-refractivity contribution in [2.24, 2.45) is 0 Å². The van der Waals surface area contributed by atoms with Gasteiger partial charge in [-0.1, -0.05) is 152 Å². The number of benzene rings is 7. The van der Waals surface area contributed by atoms with Crippen molar-refractivity contribution in [1.29, 1.82) is 0 Å². The number of hydrogen-bond donors (Lipinski definition) is 0. The van der Waals surface area contributed by atoms with Gasteiger partial charge in [-0.25, -0.2) is 4.98 Å². The van der Waals surface area contributed by atoms with Crippen molar-refractivity contribution in [1.82, 2.24) is 24.1 Å². The number of allylic oxidation sites excluding steroid dienone is 4. The molecule has 10 aromatic rings. The number of para-hydroxylation sites is 1. The van der Waals surface area contributed by atoms with Crippen molar-refractivity contribution in [3.8, 4) is 45.3 Å². The highest BCUT2D eigenvalue weighted by Gasteiger charge is 2.24. The molecule has 258 valence electrons. The van der Waals surface area contributed by atoms with Gasteiger partial charge in [0.2, 0.25) is 5.95 Å². The lowest BCUT2D eigenvalue weighted by Gasteiger charge is -2.13. The van der Waals surface area contributed by atoms with Crippen LogP contribution in [-0.2, 0) is 0 Å². The number of aromatic nitrogens is 5. The van der Waals surface area contributed by atoms with Gasteiger partial charge >= 0.3 is 0 Å². The molecular weight excluding hydrogens is 671 g/mol. The van der Waals surface area contributed by atoms with Crippen LogP contribution < -0.4 is 0 Å². The second kappa shape index (κ2) is 12.6. The molecule has 0 amide bonds. The zero-order valence-corrected chi connectivity index (χ0v) is 29.8. The molecule has 0 fully saturated rings. The van der Waals surface area contributed by atoms with Crippen LogP contribution in [0.1, 0.15) is 12.2 Å². The number of hydrogen-bond acceptors (Lipinski definition) is 3. The van der Waals surface area contributed by atoms with Crippen molar-refractivity contribution in [2.75, 3.05) is 0 Å². The summed E-state index contributed by atoms with van der Waals surface area (Å²) in [7, 11) is 0. The van der Waals surface area contributed by atoms with Crippen LogP contribution in [0.3, 0.4) is 0 Å². The number of nitrogens with zero attached hydrogens (tertiary/aromatic N) is 5. The van der Waals surface area contributed by atoms with Gasteiger partial charge in [-0.05, 0) is 65.1 Å². The molecule has 55 heavy (non-hydrogen) atoms. The summed E-state index contributed by atoms with van der Waals surface area (Å²) in [5.74, 6) is 1.89. The largest absolute Gasteiger partial charge is 0.307 e. The van der Waals surface area contributed by atoms with Gasteiger partial charge in [-0.3, -0.25) is 4.57 Å². The molecule has 1 aliphatic rings. The Kier molecular flexibility index (Phi) is 7.17. The fraction of sp³-hybridized carbons (Fsp3) is 0.0200. The van der Waals surface area contributed by atoms with Crippen molar-refractivity contribution < 1.29 is 0 Å². The Morgan fingerprint density at radius 1 is 0.400 bits per heavy atom. The molecule has 0 saturated heterocycles. The molecule has 0 saturated carbocycles. The van der Waals surface area contributed by atoms with Crippen LogP contribution in [0.4, 0.5) is 0 Å². The Hall–Kier alpha value is -7.37. The summed E-state index contributed by atoms with van der Waals surface area (Å²) in [5, 5.41) is 4.62. The third-order valence-electron chi connectivity index (χ3n) is 10.8. The third kappa shape index (κ3) is 5.12. The van der Waals surface area contributed by atoms with Crippen LogP contribution in [0.25, 0.3) is 94.5 Å². The fourth-order valence-electron chi connectivity index (χ4n) is 8.21. The molecule has 0 unspecified atom stereocenters. The summed E-state index contributed by atoms with van der Waals surface area (Å²) in [5.41, 5.74) is 12.1. The Bertz CT molecular complexity index is 3140. The van der Waals surface area contributed by atoms with Crippen LogP contribution in [-0.4, -0.2) is 24.1 Å². The van der Waals surface area contributed by atoms with Gasteiger partial charge in [0.05, 0.1) is 22.1 Å². The lowest BCUT2D eigenvalue weighted by Crippen LogP contribution is -2.08. The van der Waals surface area contributed by atoms with E-state index >= 15 is 0 Å². The first-order valence-corrected chi connectivity index (χ1v) is 18.7. The molecule has 1 aliphatic carbocycles. The zero-order valence-electron chi connectivity index (χ0n) is 29.8. The Morgan fingerprint density at radius 2 is 0.909 bits per heavy atom. The summed E-state index contributed by atoms with van der Waals surface area (Å²) in [6.45, 7) is 0. The monoisotopic (exact) mass is 703 g/mol. The van der Waals surface area contributed by atoms with E-state index in [2.05, 4.69) is 179 Å². The maximum atomic E-state index is 5.30. The van der Waals surface area contributed by atoms with E-state index in [-0.39, 0.29) is 0 Å². The lowest BCUT2D eigenvalue weighted by atomic mass is 10.0. The molecule has 0 radical (unpaired) electrons. The second-order valence-electron chi connectivity index (χ2n) is 14.0. The highest BCUT2D eigenvalue weighted by molar-refractivity contribution is 6.24. The van der Waals surface area contributed by atoms with E-state index in [4.69, 9.17) is 15.0 Å². The van der Waals surface area contributed by atoms with Crippen LogP contribution in [0, 0.1) is 0 Å². The van der Waals surface area contributed by atoms with Crippen molar-refractivity contribution in [3.63, 3.8) is 0 Å². The smallest absolute Gasteiger partial charge is 0.238 e. The lowest BCUT2D eigenvalue weighted by molar-refractivity contribution is 0.932. The Balaban J connectivity index is 1.31. The molecule has 5 nitrogen and oxygen atoms in total. The minimum Gasteiger partial charge on any atom is -0.307 e. The van der Waals surface area contributed by atoms with Crippen molar-refractivity contribution in [2.45, 2.75) is 6.42 Å². The Labute approximate surface area is 317 Å². The molecule has 0 bridgehead atoms. The van der Waals surface area contributed by atoms with Gasteiger partial charge in [-0.15, -0.1) is 0 Å². The third-order valence-corrected chi connectivity index (χ3v) is 10.8. The normalized spacial score (nSPS) is 12.7. The van der Waals surface area contributed by atoms with E-state index in [1.54, 1.807) is 0 Å². The maximum Gasteiger partial charge on any atom is 0.238 e. The second-order valence-corrected chi connectivity index (χ2v) is 14.0. The molecule has 3 heterocycles. The molecule has 5 heteroatoms. The first-order valence-electron chi connectivity index (χ1n) is 18.7. The molecule has 0 N–H and O–H groups in total. The molecule has 0 spiro atoms. The van der Waals surface area contributed by atoms with Gasteiger partial charge in [0.25, 0.3) is 0 Å². The highest BCUT2D eigenvalue weighted by atomic mass is 15.2. The minimum atomic E-state index is 0.583. The highest BCUT2D eigenvalue weighted by Crippen LogP contribution is 2.43. The molecular formula is C50H33N5. The van der Waals surface area contributed by atoms with Gasteiger partial charge in [0.15, 0.2) is 11.6 Å². The molecule has 0 aliphatic heterocycles. The first-order chi connectivity index (χ1) is 27.3. The SMILES string of the molecule is C1=CC(c2nc(-c3ccccc3)nc(-n3c4ccc(-c5ccccc5)cc4c4ccc5c6cc(-c7ccccc7)ccc6n(-c6ccccc6)c5c43)n2)=CC1. The standard InChI is InChI=1S/C50H33N5/c1-5-15-33(16-6-1)37-25-29-44-42(31-37)40-27-28-41-43-32-38(34-17-7-2-8-18-34)26-30-45(43)55(47(41)46(40)54(44)39-23-11-4-12-24-39)50-52-48(35-19-9-3-10-20-35)51-49(53-50)36-21-13-14-22-36/h1-13,15-32H,14H2. The average molecular weight is 704 g/mol. The summed E-state index contributed by atoms with van der Waals surface area (Å²) in [6.07, 6.45) is 7.30. The molecule has 7 aromatic carbocycles. The first kappa shape index (κ1) is 31.2. The van der Waals surface area contributed by atoms with Crippen molar-refractivity contribution >= 4 is 49.2 Å². The summed E-state index contributed by atoms with van der Waals surface area (Å²) < 4.78 is 4.69.